The molecule has 0 N–H and O–H groups in total. The molecule has 0 amide bonds. The Morgan fingerprint density at radius 1 is 0.800 bits per heavy atom. The second kappa shape index (κ2) is 10.1. The highest BCUT2D eigenvalue weighted by atomic mass is 35.5. The van der Waals surface area contributed by atoms with Crippen LogP contribution in [0.5, 0.6) is 0 Å². The molecule has 3 aromatic carbocycles. The fourth-order valence-corrected chi connectivity index (χ4v) is 6.48. The molecule has 0 spiro atoms. The molecule has 0 saturated heterocycles. The Morgan fingerprint density at radius 3 is 1.82 bits per heavy atom. The Hall–Kier alpha value is -3.54. The summed E-state index contributed by atoms with van der Waals surface area (Å²) in [5, 5.41) is 12.8. The Bertz CT molecular complexity index is 1590. The average molecular weight is 575 g/mol. The number of nitro benzene ring substituents is 1. The lowest BCUT2D eigenvalue weighted by Crippen LogP contribution is -2.23. The number of hydrogen-bond acceptors (Lipinski definition) is 4. The van der Waals surface area contributed by atoms with Crippen molar-refractivity contribution in [2.45, 2.75) is 44.4 Å². The molecule has 7 heteroatoms. The monoisotopic (exact) mass is 573 g/mol. The van der Waals surface area contributed by atoms with Gasteiger partial charge in [0.25, 0.3) is 5.69 Å². The fraction of sp³-hybridized carbons (Fsp3) is 0.273. The van der Waals surface area contributed by atoms with Crippen LogP contribution in [0.25, 0.3) is 0 Å². The molecule has 1 unspecified atom stereocenters. The first-order valence-electron chi connectivity index (χ1n) is 13.3. The number of likely N-dealkylation sites (N-methyl/N-ethyl adjacent to an activating group) is 2. The topological polar surface area (TPSA) is 49.6 Å². The second-order valence-corrected chi connectivity index (χ2v) is 12.4. The third kappa shape index (κ3) is 4.71. The van der Waals surface area contributed by atoms with Gasteiger partial charge in [0.15, 0.2) is 0 Å². The minimum atomic E-state index is -0.367. The lowest BCUT2D eigenvalue weighted by atomic mass is 9.82. The molecule has 0 radical (unpaired) electrons. The summed E-state index contributed by atoms with van der Waals surface area (Å²) in [6, 6.07) is 18.9. The lowest BCUT2D eigenvalue weighted by molar-refractivity contribution is -0.384. The lowest BCUT2D eigenvalue weighted by Gasteiger charge is -2.26. The van der Waals surface area contributed by atoms with Gasteiger partial charge in [-0.2, -0.15) is 0 Å². The van der Waals surface area contributed by atoms with Crippen LogP contribution in [0.15, 0.2) is 96.4 Å². The molecule has 0 fully saturated rings. The summed E-state index contributed by atoms with van der Waals surface area (Å²) in [5.74, 6) is -0.120. The quantitative estimate of drug-likeness (QED) is 0.225. The summed E-state index contributed by atoms with van der Waals surface area (Å²) in [6.45, 7) is 8.82. The van der Waals surface area contributed by atoms with Crippen LogP contribution in [0, 0.1) is 10.1 Å². The number of rotatable bonds is 5. The van der Waals surface area contributed by atoms with Crippen LogP contribution >= 0.6 is 23.2 Å². The van der Waals surface area contributed by atoms with Gasteiger partial charge in [-0.05, 0) is 59.2 Å². The number of hydrogen-bond donors (Lipinski definition) is 0. The van der Waals surface area contributed by atoms with Crippen LogP contribution in [0.2, 0.25) is 10.0 Å². The zero-order valence-corrected chi connectivity index (χ0v) is 25.1. The zero-order chi connectivity index (χ0) is 29.0. The third-order valence-corrected chi connectivity index (χ3v) is 8.86. The molecule has 0 aromatic heterocycles. The molecule has 0 saturated carbocycles. The maximum Gasteiger partial charge on any atom is 0.269 e. The predicted molar refractivity (Wildman–Crippen MR) is 167 cm³/mol. The van der Waals surface area contributed by atoms with Gasteiger partial charge >= 0.3 is 0 Å². The molecule has 2 heterocycles. The summed E-state index contributed by atoms with van der Waals surface area (Å²) < 4.78 is 0. The maximum atomic E-state index is 11.3. The summed E-state index contributed by atoms with van der Waals surface area (Å²) in [5.41, 5.74) is 7.52. The number of halogens is 2. The third-order valence-electron chi connectivity index (χ3n) is 8.39. The Balaban J connectivity index is 1.56. The molecule has 40 heavy (non-hydrogen) atoms. The largest absolute Gasteiger partial charge is 0.347 e. The van der Waals surface area contributed by atoms with Crippen LogP contribution in [-0.2, 0) is 10.8 Å². The first-order chi connectivity index (χ1) is 18.8. The van der Waals surface area contributed by atoms with Gasteiger partial charge < -0.3 is 9.80 Å². The smallest absolute Gasteiger partial charge is 0.269 e. The van der Waals surface area contributed by atoms with E-state index < -0.39 is 0 Å². The number of nitro groups is 1. The van der Waals surface area contributed by atoms with Crippen molar-refractivity contribution >= 4 is 40.3 Å². The van der Waals surface area contributed by atoms with E-state index in [1.807, 2.05) is 36.4 Å². The summed E-state index contributed by atoms with van der Waals surface area (Å²) >= 11 is 12.7. The number of allylic oxidation sites excluding steroid dienone is 6. The Morgan fingerprint density at radius 2 is 1.30 bits per heavy atom. The van der Waals surface area contributed by atoms with Crippen LogP contribution in [0.1, 0.15) is 50.3 Å². The minimum absolute atomic E-state index is 0.0763. The molecule has 3 aromatic rings. The van der Waals surface area contributed by atoms with Crippen molar-refractivity contribution < 1.29 is 4.92 Å². The highest BCUT2D eigenvalue weighted by Gasteiger charge is 2.40. The number of benzene rings is 3. The molecule has 2 aliphatic heterocycles. The maximum absolute atomic E-state index is 11.3. The van der Waals surface area contributed by atoms with E-state index in [-0.39, 0.29) is 27.4 Å². The van der Waals surface area contributed by atoms with Crippen LogP contribution in [-0.4, -0.2) is 19.0 Å². The van der Waals surface area contributed by atoms with Gasteiger partial charge in [0.1, 0.15) is 0 Å². The molecule has 206 valence electrons. The van der Waals surface area contributed by atoms with E-state index in [0.29, 0.717) is 5.02 Å². The number of non-ortho nitro benzene ring substituents is 1. The fourth-order valence-electron chi connectivity index (χ4n) is 6.13. The van der Waals surface area contributed by atoms with E-state index in [2.05, 4.69) is 88.0 Å². The SMILES string of the molecule is CN1/C(=C/C=C/C(/C=C2/N(C)c3ccc(Cl)cc3C2(C)C)c2ccc([N+](=O)[O-])cc2)C(C)(C)c2cc(Cl)ccc21. The van der Waals surface area contributed by atoms with Gasteiger partial charge in [0.05, 0.1) is 4.92 Å². The van der Waals surface area contributed by atoms with Crippen LogP contribution in [0.4, 0.5) is 17.1 Å². The van der Waals surface area contributed by atoms with Crippen molar-refractivity contribution in [3.8, 4) is 0 Å². The van der Waals surface area contributed by atoms with E-state index in [0.717, 1.165) is 33.4 Å². The van der Waals surface area contributed by atoms with Crippen molar-refractivity contribution in [2.75, 3.05) is 23.9 Å². The molecule has 2 aliphatic rings. The highest BCUT2D eigenvalue weighted by Crippen LogP contribution is 2.49. The standard InChI is InChI=1S/C33H33Cl2N3O2/c1-32(2)26-19-23(34)12-16-28(26)36(5)30(32)9-7-8-22(21-10-14-25(15-11-21)38(39)40)18-31-33(3,4)27-20-24(35)13-17-29(27)37(31)6/h7-20,22H,1-6H3/b8-7+,30-9+,31-18+. The van der Waals surface area contributed by atoms with Crippen molar-refractivity contribution in [2.24, 2.45) is 0 Å². The first kappa shape index (κ1) is 28.0. The van der Waals surface area contributed by atoms with E-state index >= 15 is 0 Å². The molecule has 0 bridgehead atoms. The van der Waals surface area contributed by atoms with Gasteiger partial charge in [0, 0.05) is 75.8 Å². The second-order valence-electron chi connectivity index (χ2n) is 11.6. The normalized spacial score (nSPS) is 19.9. The van der Waals surface area contributed by atoms with Crippen molar-refractivity contribution in [1.82, 2.24) is 0 Å². The van der Waals surface area contributed by atoms with Gasteiger partial charge in [-0.15, -0.1) is 0 Å². The number of anilines is 2. The van der Waals surface area contributed by atoms with Crippen molar-refractivity contribution in [3.05, 3.63) is 133 Å². The van der Waals surface area contributed by atoms with Gasteiger partial charge in [-0.3, -0.25) is 10.1 Å². The molecule has 5 rings (SSSR count). The summed E-state index contributed by atoms with van der Waals surface area (Å²) in [4.78, 5) is 15.4. The molecule has 5 nitrogen and oxygen atoms in total. The van der Waals surface area contributed by atoms with Crippen LogP contribution < -0.4 is 9.80 Å². The van der Waals surface area contributed by atoms with E-state index in [1.165, 1.54) is 11.1 Å². The zero-order valence-electron chi connectivity index (χ0n) is 23.6. The first-order valence-corrected chi connectivity index (χ1v) is 14.0. The Labute approximate surface area is 246 Å². The highest BCUT2D eigenvalue weighted by molar-refractivity contribution is 6.31. The molecular weight excluding hydrogens is 541 g/mol. The van der Waals surface area contributed by atoms with E-state index in [1.54, 1.807) is 12.1 Å². The average Bonchev–Trinajstić information content (AvgIpc) is 3.21. The number of nitrogens with zero attached hydrogens (tertiary/aromatic N) is 3. The molecule has 0 aliphatic carbocycles. The molecular formula is C33H33Cl2N3O2. The minimum Gasteiger partial charge on any atom is -0.347 e. The van der Waals surface area contributed by atoms with Crippen molar-refractivity contribution in [1.29, 1.82) is 0 Å². The summed E-state index contributed by atoms with van der Waals surface area (Å²) in [7, 11) is 4.15. The van der Waals surface area contributed by atoms with Crippen LogP contribution in [0.3, 0.4) is 0 Å². The van der Waals surface area contributed by atoms with E-state index in [4.69, 9.17) is 23.2 Å². The molecule has 1 atom stereocenters. The Kier molecular flexibility index (Phi) is 7.10. The summed E-state index contributed by atoms with van der Waals surface area (Å²) in [6.07, 6.45) is 8.65. The predicted octanol–water partition coefficient (Wildman–Crippen LogP) is 9.16. The number of fused-ring (bicyclic) bond motifs is 2. The van der Waals surface area contributed by atoms with E-state index in [9.17, 15) is 10.1 Å². The van der Waals surface area contributed by atoms with Gasteiger partial charge in [-0.25, -0.2) is 0 Å². The van der Waals surface area contributed by atoms with Gasteiger partial charge in [0.2, 0.25) is 0 Å². The van der Waals surface area contributed by atoms with Gasteiger partial charge in [-0.1, -0.05) is 81.3 Å². The van der Waals surface area contributed by atoms with Crippen molar-refractivity contribution in [3.63, 3.8) is 0 Å².